The standard InChI is InChI=1S/C15H15F3N2/c1-20(14-5-3-2-4-12(14)17)15(9-19)11-7-6-10(16)8-13(11)18/h2-8,15H,9,19H2,1H3. The molecule has 20 heavy (non-hydrogen) atoms. The minimum atomic E-state index is -0.691. The van der Waals surface area contributed by atoms with Gasteiger partial charge in [-0.1, -0.05) is 18.2 Å². The largest absolute Gasteiger partial charge is 0.364 e. The lowest BCUT2D eigenvalue weighted by Crippen LogP contribution is -2.31. The van der Waals surface area contributed by atoms with Gasteiger partial charge in [0, 0.05) is 25.2 Å². The van der Waals surface area contributed by atoms with Gasteiger partial charge in [0.1, 0.15) is 17.5 Å². The Balaban J connectivity index is 2.39. The second-order valence-corrected chi connectivity index (χ2v) is 4.48. The van der Waals surface area contributed by atoms with E-state index in [0.29, 0.717) is 5.69 Å². The van der Waals surface area contributed by atoms with Crippen molar-refractivity contribution in [3.05, 3.63) is 65.5 Å². The van der Waals surface area contributed by atoms with Crippen LogP contribution in [0.3, 0.4) is 0 Å². The van der Waals surface area contributed by atoms with Crippen LogP contribution in [0.5, 0.6) is 0 Å². The first kappa shape index (κ1) is 14.4. The molecule has 0 fully saturated rings. The Morgan fingerprint density at radius 3 is 2.35 bits per heavy atom. The number of rotatable bonds is 4. The zero-order valence-electron chi connectivity index (χ0n) is 11.0. The number of hydrogen-bond acceptors (Lipinski definition) is 2. The predicted octanol–water partition coefficient (Wildman–Crippen LogP) is 3.24. The van der Waals surface area contributed by atoms with Crippen LogP contribution in [0.2, 0.25) is 0 Å². The summed E-state index contributed by atoms with van der Waals surface area (Å²) in [5.74, 6) is -1.77. The van der Waals surface area contributed by atoms with Crippen molar-refractivity contribution < 1.29 is 13.2 Å². The molecule has 106 valence electrons. The summed E-state index contributed by atoms with van der Waals surface area (Å²) in [5, 5.41) is 0. The van der Waals surface area contributed by atoms with Gasteiger partial charge in [-0.05, 0) is 18.2 Å². The van der Waals surface area contributed by atoms with E-state index in [0.717, 1.165) is 12.1 Å². The van der Waals surface area contributed by atoms with Crippen LogP contribution in [0, 0.1) is 17.5 Å². The van der Waals surface area contributed by atoms with Gasteiger partial charge < -0.3 is 10.6 Å². The molecule has 0 heterocycles. The Bertz CT molecular complexity index is 601. The molecule has 0 radical (unpaired) electrons. The van der Waals surface area contributed by atoms with E-state index in [1.54, 1.807) is 30.1 Å². The van der Waals surface area contributed by atoms with Crippen LogP contribution in [-0.4, -0.2) is 13.6 Å². The first-order valence-corrected chi connectivity index (χ1v) is 6.17. The SMILES string of the molecule is CN(c1ccccc1F)C(CN)c1ccc(F)cc1F. The molecular weight excluding hydrogens is 265 g/mol. The van der Waals surface area contributed by atoms with Gasteiger partial charge in [0.15, 0.2) is 0 Å². The molecule has 2 rings (SSSR count). The van der Waals surface area contributed by atoms with Crippen molar-refractivity contribution in [2.75, 3.05) is 18.5 Å². The Labute approximate surface area is 115 Å². The minimum absolute atomic E-state index is 0.0768. The molecule has 5 heteroatoms. The number of hydrogen-bond donors (Lipinski definition) is 1. The molecule has 0 saturated carbocycles. The number of halogens is 3. The van der Waals surface area contributed by atoms with Crippen molar-refractivity contribution in [3.8, 4) is 0 Å². The molecule has 0 bridgehead atoms. The van der Waals surface area contributed by atoms with Gasteiger partial charge >= 0.3 is 0 Å². The zero-order chi connectivity index (χ0) is 14.7. The van der Waals surface area contributed by atoms with E-state index in [1.807, 2.05) is 0 Å². The molecule has 0 aliphatic heterocycles. The van der Waals surface area contributed by atoms with E-state index in [2.05, 4.69) is 0 Å². The minimum Gasteiger partial charge on any atom is -0.364 e. The topological polar surface area (TPSA) is 29.3 Å². The molecule has 1 unspecified atom stereocenters. The summed E-state index contributed by atoms with van der Waals surface area (Å²) < 4.78 is 40.6. The summed E-state index contributed by atoms with van der Waals surface area (Å²) in [6, 6.07) is 8.88. The van der Waals surface area contributed by atoms with Gasteiger partial charge in [-0.25, -0.2) is 13.2 Å². The maximum absolute atomic E-state index is 13.8. The highest BCUT2D eigenvalue weighted by molar-refractivity contribution is 5.49. The first-order valence-electron chi connectivity index (χ1n) is 6.17. The molecule has 0 saturated heterocycles. The fourth-order valence-electron chi connectivity index (χ4n) is 2.17. The Morgan fingerprint density at radius 2 is 1.75 bits per heavy atom. The summed E-state index contributed by atoms with van der Waals surface area (Å²) in [4.78, 5) is 1.55. The quantitative estimate of drug-likeness (QED) is 0.931. The molecule has 2 aromatic carbocycles. The van der Waals surface area contributed by atoms with Crippen molar-refractivity contribution in [1.29, 1.82) is 0 Å². The van der Waals surface area contributed by atoms with Crippen LogP contribution >= 0.6 is 0 Å². The fraction of sp³-hybridized carbons (Fsp3) is 0.200. The maximum atomic E-state index is 13.8. The molecular formula is C15H15F3N2. The normalized spacial score (nSPS) is 12.2. The van der Waals surface area contributed by atoms with Gasteiger partial charge in [-0.2, -0.15) is 0 Å². The lowest BCUT2D eigenvalue weighted by atomic mass is 10.0. The van der Waals surface area contributed by atoms with Crippen LogP contribution in [0.4, 0.5) is 18.9 Å². The average molecular weight is 280 g/mol. The summed E-state index contributed by atoms with van der Waals surface area (Å²) in [6.07, 6.45) is 0. The highest BCUT2D eigenvalue weighted by Crippen LogP contribution is 2.28. The third-order valence-electron chi connectivity index (χ3n) is 3.24. The van der Waals surface area contributed by atoms with Crippen molar-refractivity contribution in [3.63, 3.8) is 0 Å². The second-order valence-electron chi connectivity index (χ2n) is 4.48. The Hall–Kier alpha value is -2.01. The molecule has 2 aromatic rings. The third kappa shape index (κ3) is 2.77. The van der Waals surface area contributed by atoms with Crippen LogP contribution in [0.25, 0.3) is 0 Å². The van der Waals surface area contributed by atoms with Gasteiger partial charge in [0.05, 0.1) is 11.7 Å². The average Bonchev–Trinajstić information content (AvgIpc) is 2.42. The molecule has 1 atom stereocenters. The van der Waals surface area contributed by atoms with E-state index in [-0.39, 0.29) is 12.1 Å². The summed E-state index contributed by atoms with van der Waals surface area (Å²) in [6.45, 7) is 0.0768. The van der Waals surface area contributed by atoms with E-state index < -0.39 is 23.5 Å². The number of nitrogens with zero attached hydrogens (tertiary/aromatic N) is 1. The number of anilines is 1. The summed E-state index contributed by atoms with van der Waals surface area (Å²) in [5.41, 5.74) is 6.22. The lowest BCUT2D eigenvalue weighted by molar-refractivity contribution is 0.544. The van der Waals surface area contributed by atoms with E-state index in [9.17, 15) is 13.2 Å². The van der Waals surface area contributed by atoms with Crippen molar-refractivity contribution in [1.82, 2.24) is 0 Å². The first-order chi connectivity index (χ1) is 9.54. The van der Waals surface area contributed by atoms with Crippen LogP contribution < -0.4 is 10.6 Å². The zero-order valence-corrected chi connectivity index (χ0v) is 11.0. The molecule has 2 nitrogen and oxygen atoms in total. The van der Waals surface area contributed by atoms with Crippen LogP contribution in [-0.2, 0) is 0 Å². The smallest absolute Gasteiger partial charge is 0.146 e. The molecule has 0 aromatic heterocycles. The highest BCUT2D eigenvalue weighted by atomic mass is 19.1. The molecule has 0 aliphatic carbocycles. The highest BCUT2D eigenvalue weighted by Gasteiger charge is 2.21. The molecule has 0 amide bonds. The molecule has 0 aliphatic rings. The second kappa shape index (κ2) is 5.96. The fourth-order valence-corrected chi connectivity index (χ4v) is 2.17. The molecule has 2 N–H and O–H groups in total. The third-order valence-corrected chi connectivity index (χ3v) is 3.24. The van der Waals surface area contributed by atoms with E-state index in [4.69, 9.17) is 5.73 Å². The number of para-hydroxylation sites is 1. The van der Waals surface area contributed by atoms with Gasteiger partial charge in [-0.15, -0.1) is 0 Å². The van der Waals surface area contributed by atoms with Crippen molar-refractivity contribution in [2.24, 2.45) is 5.73 Å². The molecule has 0 spiro atoms. The van der Waals surface area contributed by atoms with Gasteiger partial charge in [0.25, 0.3) is 0 Å². The lowest BCUT2D eigenvalue weighted by Gasteiger charge is -2.30. The van der Waals surface area contributed by atoms with Crippen molar-refractivity contribution in [2.45, 2.75) is 6.04 Å². The van der Waals surface area contributed by atoms with Gasteiger partial charge in [0.2, 0.25) is 0 Å². The Kier molecular flexibility index (Phi) is 4.29. The van der Waals surface area contributed by atoms with Gasteiger partial charge in [-0.3, -0.25) is 0 Å². The summed E-state index contributed by atoms with van der Waals surface area (Å²) in [7, 11) is 1.62. The Morgan fingerprint density at radius 1 is 1.05 bits per heavy atom. The van der Waals surface area contributed by atoms with Crippen molar-refractivity contribution >= 4 is 5.69 Å². The monoisotopic (exact) mass is 280 g/mol. The summed E-state index contributed by atoms with van der Waals surface area (Å²) >= 11 is 0. The number of likely N-dealkylation sites (N-methyl/N-ethyl adjacent to an activating group) is 1. The maximum Gasteiger partial charge on any atom is 0.146 e. The predicted molar refractivity (Wildman–Crippen MR) is 73.0 cm³/mol. The van der Waals surface area contributed by atoms with E-state index in [1.165, 1.54) is 12.1 Å². The van der Waals surface area contributed by atoms with Crippen LogP contribution in [0.15, 0.2) is 42.5 Å². The van der Waals surface area contributed by atoms with E-state index >= 15 is 0 Å². The van der Waals surface area contributed by atoms with Crippen LogP contribution in [0.1, 0.15) is 11.6 Å². The number of benzene rings is 2. The number of nitrogens with two attached hydrogens (primary N) is 1.